The van der Waals surface area contributed by atoms with Crippen molar-refractivity contribution < 1.29 is 0 Å². The van der Waals surface area contributed by atoms with Gasteiger partial charge in [-0.2, -0.15) is 0 Å². The van der Waals surface area contributed by atoms with E-state index in [1.807, 2.05) is 6.08 Å². The molecule has 40 heavy (non-hydrogen) atoms. The molecule has 2 atom stereocenters. The summed E-state index contributed by atoms with van der Waals surface area (Å²) in [5.74, 6) is 14.2. The highest BCUT2D eigenvalue weighted by molar-refractivity contribution is 5.38. The van der Waals surface area contributed by atoms with Crippen LogP contribution in [-0.2, 0) is 0 Å². The Morgan fingerprint density at radius 1 is 0.800 bits per heavy atom. The van der Waals surface area contributed by atoms with Crippen molar-refractivity contribution in [2.24, 2.45) is 22.7 Å². The average molecular weight is 537 g/mol. The number of hydrogen-bond acceptors (Lipinski definition) is 0. The van der Waals surface area contributed by atoms with Crippen LogP contribution in [0.25, 0.3) is 0 Å². The zero-order valence-corrected chi connectivity index (χ0v) is 27.4. The molecule has 0 heteroatoms. The van der Waals surface area contributed by atoms with Gasteiger partial charge in [-0.3, -0.25) is 0 Å². The van der Waals surface area contributed by atoms with Crippen LogP contribution < -0.4 is 0 Å². The second-order valence-electron chi connectivity index (χ2n) is 13.7. The Morgan fingerprint density at radius 2 is 1.38 bits per heavy atom. The molecular weight excluding hydrogens is 480 g/mol. The normalized spacial score (nSPS) is 21.4. The van der Waals surface area contributed by atoms with Crippen molar-refractivity contribution >= 4 is 0 Å². The lowest BCUT2D eigenvalue weighted by molar-refractivity contribution is 0.376. The Hall–Kier alpha value is -2.70. The summed E-state index contributed by atoms with van der Waals surface area (Å²) in [6.07, 6.45) is 27.1. The monoisotopic (exact) mass is 536 g/mol. The maximum absolute atomic E-state index is 3.43. The van der Waals surface area contributed by atoms with Gasteiger partial charge in [0, 0.05) is 18.8 Å². The first kappa shape index (κ1) is 33.5. The van der Waals surface area contributed by atoms with Gasteiger partial charge >= 0.3 is 0 Å². The molecule has 0 saturated carbocycles. The Labute approximate surface area is 248 Å². The van der Waals surface area contributed by atoms with E-state index in [9.17, 15) is 0 Å². The lowest BCUT2D eigenvalue weighted by Crippen LogP contribution is -2.19. The lowest BCUT2D eigenvalue weighted by Gasteiger charge is -2.33. The zero-order chi connectivity index (χ0) is 29.8. The van der Waals surface area contributed by atoms with Crippen LogP contribution >= 0.6 is 0 Å². The van der Waals surface area contributed by atoms with E-state index in [1.54, 1.807) is 11.1 Å². The molecule has 0 amide bonds. The summed E-state index contributed by atoms with van der Waals surface area (Å²) in [6, 6.07) is 0. The molecule has 0 aromatic heterocycles. The second kappa shape index (κ2) is 15.9. The van der Waals surface area contributed by atoms with Gasteiger partial charge < -0.3 is 0 Å². The van der Waals surface area contributed by atoms with Crippen molar-refractivity contribution in [2.75, 3.05) is 0 Å². The molecule has 0 radical (unpaired) electrons. The lowest BCUT2D eigenvalue weighted by atomic mass is 9.72. The molecule has 0 fully saturated rings. The summed E-state index contributed by atoms with van der Waals surface area (Å²) in [5.41, 5.74) is 9.14. The van der Waals surface area contributed by atoms with E-state index >= 15 is 0 Å². The van der Waals surface area contributed by atoms with Gasteiger partial charge in [0.15, 0.2) is 0 Å². The van der Waals surface area contributed by atoms with E-state index in [4.69, 9.17) is 0 Å². The summed E-state index contributed by atoms with van der Waals surface area (Å²) < 4.78 is 0. The predicted molar refractivity (Wildman–Crippen MR) is 179 cm³/mol. The topological polar surface area (TPSA) is 0 Å². The molecule has 216 valence electrons. The third-order valence-corrected chi connectivity index (χ3v) is 8.50. The van der Waals surface area contributed by atoms with Crippen molar-refractivity contribution in [3.05, 3.63) is 82.0 Å². The molecule has 0 nitrogen and oxygen atoms in total. The smallest absolute Gasteiger partial charge is 0.0357 e. The van der Waals surface area contributed by atoms with Crippen LogP contribution in [0.5, 0.6) is 0 Å². The van der Waals surface area contributed by atoms with Crippen molar-refractivity contribution in [2.45, 2.75) is 121 Å². The largest absolute Gasteiger partial charge is 0.102 e. The first-order valence-electron chi connectivity index (χ1n) is 15.6. The molecular formula is C40H56. The van der Waals surface area contributed by atoms with Gasteiger partial charge in [-0.15, -0.1) is 5.92 Å². The SMILES string of the molecule is CC1=C(/C=C/C(C)=C/C=C/C(C)=C/C#CCC(C)CC#CC(C)/C=C/C2=C(C)CCCC2(C)C)C(C)(C)CCC1. The molecule has 0 saturated heterocycles. The third kappa shape index (κ3) is 11.4. The van der Waals surface area contributed by atoms with E-state index in [-0.39, 0.29) is 16.7 Å². The Balaban J connectivity index is 1.81. The van der Waals surface area contributed by atoms with E-state index in [0.29, 0.717) is 5.92 Å². The van der Waals surface area contributed by atoms with Crippen molar-refractivity contribution in [1.29, 1.82) is 0 Å². The minimum absolute atomic E-state index is 0.280. The Bertz CT molecular complexity index is 1200. The van der Waals surface area contributed by atoms with Gasteiger partial charge in [-0.25, -0.2) is 0 Å². The molecule has 0 aromatic carbocycles. The highest BCUT2D eigenvalue weighted by Crippen LogP contribution is 2.41. The van der Waals surface area contributed by atoms with E-state index in [0.717, 1.165) is 12.8 Å². The minimum atomic E-state index is 0.280. The highest BCUT2D eigenvalue weighted by atomic mass is 14.3. The number of allylic oxidation sites excluding steroid dienone is 14. The van der Waals surface area contributed by atoms with Crippen molar-refractivity contribution in [3.8, 4) is 23.7 Å². The van der Waals surface area contributed by atoms with Gasteiger partial charge in [-0.05, 0) is 113 Å². The van der Waals surface area contributed by atoms with E-state index < -0.39 is 0 Å². The molecule has 0 spiro atoms. The van der Waals surface area contributed by atoms with Gasteiger partial charge in [0.25, 0.3) is 0 Å². The van der Waals surface area contributed by atoms with Crippen molar-refractivity contribution in [1.82, 2.24) is 0 Å². The summed E-state index contributed by atoms with van der Waals surface area (Å²) in [6.45, 7) is 22.8. The van der Waals surface area contributed by atoms with Crippen LogP contribution in [-0.4, -0.2) is 0 Å². The fourth-order valence-corrected chi connectivity index (χ4v) is 5.84. The Kier molecular flexibility index (Phi) is 13.3. The number of rotatable bonds is 8. The fraction of sp³-hybridized carbons (Fsp3) is 0.550. The highest BCUT2D eigenvalue weighted by Gasteiger charge is 2.27. The summed E-state index contributed by atoms with van der Waals surface area (Å²) in [4.78, 5) is 0. The molecule has 0 heterocycles. The summed E-state index contributed by atoms with van der Waals surface area (Å²) in [7, 11) is 0. The predicted octanol–water partition coefficient (Wildman–Crippen LogP) is 11.7. The van der Waals surface area contributed by atoms with Crippen LogP contribution in [0.15, 0.2) is 82.0 Å². The van der Waals surface area contributed by atoms with Gasteiger partial charge in [0.05, 0.1) is 0 Å². The zero-order valence-electron chi connectivity index (χ0n) is 27.4. The fourth-order valence-electron chi connectivity index (χ4n) is 5.84. The molecule has 0 bridgehead atoms. The molecule has 0 aliphatic heterocycles. The van der Waals surface area contributed by atoms with Crippen molar-refractivity contribution in [3.63, 3.8) is 0 Å². The number of hydrogen-bond donors (Lipinski definition) is 0. The van der Waals surface area contributed by atoms with Crippen LogP contribution in [0.1, 0.15) is 121 Å². The molecule has 2 unspecified atom stereocenters. The Morgan fingerprint density at radius 3 is 1.98 bits per heavy atom. The first-order chi connectivity index (χ1) is 18.8. The van der Waals surface area contributed by atoms with Crippen LogP contribution in [0.3, 0.4) is 0 Å². The average Bonchev–Trinajstić information content (AvgIpc) is 2.85. The van der Waals surface area contributed by atoms with Crippen LogP contribution in [0.4, 0.5) is 0 Å². The maximum Gasteiger partial charge on any atom is 0.0357 e. The van der Waals surface area contributed by atoms with Gasteiger partial charge in [0.2, 0.25) is 0 Å². The van der Waals surface area contributed by atoms with Crippen LogP contribution in [0, 0.1) is 46.3 Å². The third-order valence-electron chi connectivity index (χ3n) is 8.50. The minimum Gasteiger partial charge on any atom is -0.102 e. The molecule has 2 aliphatic rings. The van der Waals surface area contributed by atoms with E-state index in [2.05, 4.69) is 135 Å². The summed E-state index contributed by atoms with van der Waals surface area (Å²) in [5, 5.41) is 0. The first-order valence-corrected chi connectivity index (χ1v) is 15.6. The standard InChI is InChI=1S/C40H56/c1-31(19-13-21-33(3)25-27-37-35(5)23-15-29-39(37,7)8)17-11-12-18-32(2)20-14-22-34(4)26-28-38-36(6)24-16-30-40(38,9)10/h13,17,19,21,25-28,32,34H,15-16,18,20,23-24,29-30H2,1-10H3/b19-13+,27-25+,28-26+,31-17+,33-21+. The maximum atomic E-state index is 3.43. The molecule has 0 N–H and O–H groups in total. The quantitative estimate of drug-likeness (QED) is 0.214. The summed E-state index contributed by atoms with van der Waals surface area (Å²) >= 11 is 0. The second-order valence-corrected chi connectivity index (χ2v) is 13.7. The van der Waals surface area contributed by atoms with E-state index in [1.165, 1.54) is 60.8 Å². The molecule has 0 aromatic rings. The molecule has 2 aliphatic carbocycles. The van der Waals surface area contributed by atoms with Gasteiger partial charge in [0.1, 0.15) is 0 Å². The van der Waals surface area contributed by atoms with Crippen LogP contribution in [0.2, 0.25) is 0 Å². The molecule has 2 rings (SSSR count). The van der Waals surface area contributed by atoms with Gasteiger partial charge in [-0.1, -0.05) is 112 Å².